The molecule has 0 aliphatic heterocycles. The summed E-state index contributed by atoms with van der Waals surface area (Å²) < 4.78 is 0. The number of nitrogens with zero attached hydrogens (tertiary/aromatic N) is 1. The number of thiophene rings is 1. The van der Waals surface area contributed by atoms with Crippen LogP contribution in [0.15, 0.2) is 11.4 Å². The van der Waals surface area contributed by atoms with E-state index in [4.69, 9.17) is 0 Å². The van der Waals surface area contributed by atoms with Gasteiger partial charge in [-0.05, 0) is 43.0 Å². The second-order valence-electron chi connectivity index (χ2n) is 5.67. The maximum atomic E-state index is 12.1. The minimum absolute atomic E-state index is 0.0890. The fourth-order valence-electron chi connectivity index (χ4n) is 2.04. The highest BCUT2D eigenvalue weighted by atomic mass is 32.1. The van der Waals surface area contributed by atoms with Gasteiger partial charge >= 0.3 is 6.03 Å². The summed E-state index contributed by atoms with van der Waals surface area (Å²) in [5.74, 6) is 0.570. The van der Waals surface area contributed by atoms with Gasteiger partial charge in [-0.25, -0.2) is 4.79 Å². The van der Waals surface area contributed by atoms with Crippen molar-refractivity contribution in [3.8, 4) is 0 Å². The molecule has 0 radical (unpaired) electrons. The normalized spacial score (nSPS) is 17.6. The lowest BCUT2D eigenvalue weighted by Gasteiger charge is -2.17. The van der Waals surface area contributed by atoms with Crippen LogP contribution in [0.3, 0.4) is 0 Å². The molecular weight excluding hydrogens is 274 g/mol. The lowest BCUT2D eigenvalue weighted by Crippen LogP contribution is -2.33. The monoisotopic (exact) mass is 293 g/mol. The standard InChI is InChI=1S/C14H19N3O2S/c1-17(8-9-2-3-9)14(19)16-13-11(6-7-20-13)12(18)15-10-4-5-10/h6-7,9-10H,2-5,8H2,1H3,(H,15,18)(H,16,19). The maximum Gasteiger partial charge on any atom is 0.322 e. The van der Waals surface area contributed by atoms with E-state index in [0.717, 1.165) is 19.4 Å². The highest BCUT2D eigenvalue weighted by Crippen LogP contribution is 2.30. The third-order valence-corrected chi connectivity index (χ3v) is 4.45. The van der Waals surface area contributed by atoms with Gasteiger partial charge in [-0.3, -0.25) is 10.1 Å². The van der Waals surface area contributed by atoms with Crippen molar-refractivity contribution in [2.75, 3.05) is 18.9 Å². The van der Waals surface area contributed by atoms with E-state index in [9.17, 15) is 9.59 Å². The van der Waals surface area contributed by atoms with Gasteiger partial charge in [-0.15, -0.1) is 11.3 Å². The first-order valence-electron chi connectivity index (χ1n) is 7.04. The Labute approximate surface area is 122 Å². The molecule has 0 unspecified atom stereocenters. The van der Waals surface area contributed by atoms with E-state index < -0.39 is 0 Å². The molecule has 2 fully saturated rings. The predicted octanol–water partition coefficient (Wildman–Crippen LogP) is 2.51. The molecule has 2 saturated carbocycles. The third kappa shape index (κ3) is 3.30. The van der Waals surface area contributed by atoms with Crippen LogP contribution in [-0.2, 0) is 0 Å². The average molecular weight is 293 g/mol. The maximum absolute atomic E-state index is 12.1. The van der Waals surface area contributed by atoms with Crippen LogP contribution in [0.1, 0.15) is 36.0 Å². The Bertz CT molecular complexity index is 520. The first-order chi connectivity index (χ1) is 9.63. The zero-order valence-electron chi connectivity index (χ0n) is 11.5. The largest absolute Gasteiger partial charge is 0.349 e. The molecule has 0 bridgehead atoms. The second kappa shape index (κ2) is 5.44. The Kier molecular flexibility index (Phi) is 3.65. The van der Waals surface area contributed by atoms with Crippen molar-refractivity contribution in [3.63, 3.8) is 0 Å². The van der Waals surface area contributed by atoms with Crippen LogP contribution in [-0.4, -0.2) is 36.5 Å². The molecule has 5 nitrogen and oxygen atoms in total. The van der Waals surface area contributed by atoms with Crippen molar-refractivity contribution in [2.24, 2.45) is 5.92 Å². The number of anilines is 1. The van der Waals surface area contributed by atoms with Crippen molar-refractivity contribution in [1.82, 2.24) is 10.2 Å². The van der Waals surface area contributed by atoms with Crippen LogP contribution in [0.5, 0.6) is 0 Å². The second-order valence-corrected chi connectivity index (χ2v) is 6.58. The Morgan fingerprint density at radius 1 is 1.35 bits per heavy atom. The van der Waals surface area contributed by atoms with Gasteiger partial charge in [-0.1, -0.05) is 0 Å². The van der Waals surface area contributed by atoms with Gasteiger partial charge in [0.1, 0.15) is 5.00 Å². The zero-order chi connectivity index (χ0) is 14.1. The SMILES string of the molecule is CN(CC1CC1)C(=O)Nc1sccc1C(=O)NC1CC1. The van der Waals surface area contributed by atoms with Crippen LogP contribution >= 0.6 is 11.3 Å². The Morgan fingerprint density at radius 2 is 2.10 bits per heavy atom. The smallest absolute Gasteiger partial charge is 0.322 e. The summed E-state index contributed by atoms with van der Waals surface area (Å²) in [4.78, 5) is 25.8. The molecule has 0 spiro atoms. The molecule has 6 heteroatoms. The summed E-state index contributed by atoms with van der Waals surface area (Å²) in [6.45, 7) is 0.792. The van der Waals surface area contributed by atoms with Gasteiger partial charge in [0.15, 0.2) is 0 Å². The first kappa shape index (κ1) is 13.4. The third-order valence-electron chi connectivity index (χ3n) is 3.62. The van der Waals surface area contributed by atoms with Gasteiger partial charge in [0.2, 0.25) is 0 Å². The number of hydrogen-bond donors (Lipinski definition) is 2. The Morgan fingerprint density at radius 3 is 2.75 bits per heavy atom. The highest BCUT2D eigenvalue weighted by Gasteiger charge is 2.27. The molecule has 1 aromatic heterocycles. The molecule has 2 aliphatic carbocycles. The molecular formula is C14H19N3O2S. The highest BCUT2D eigenvalue weighted by molar-refractivity contribution is 7.14. The van der Waals surface area contributed by atoms with Gasteiger partial charge in [0, 0.05) is 19.6 Å². The summed E-state index contributed by atoms with van der Waals surface area (Å²) in [6.07, 6.45) is 4.54. The number of carbonyl (C=O) groups excluding carboxylic acids is 2. The van der Waals surface area contributed by atoms with E-state index in [1.165, 1.54) is 24.2 Å². The van der Waals surface area contributed by atoms with Gasteiger partial charge in [-0.2, -0.15) is 0 Å². The summed E-state index contributed by atoms with van der Waals surface area (Å²) in [6, 6.07) is 1.95. The molecule has 0 atom stereocenters. The van der Waals surface area contributed by atoms with Crippen molar-refractivity contribution < 1.29 is 9.59 Å². The molecule has 3 amide bonds. The summed E-state index contributed by atoms with van der Waals surface area (Å²) in [5, 5.41) is 8.25. The van der Waals surface area contributed by atoms with Gasteiger partial charge in [0.05, 0.1) is 5.56 Å². The molecule has 0 aromatic carbocycles. The molecule has 0 saturated heterocycles. The van der Waals surface area contributed by atoms with Crippen LogP contribution in [0.2, 0.25) is 0 Å². The lowest BCUT2D eigenvalue weighted by molar-refractivity contribution is 0.0952. The summed E-state index contributed by atoms with van der Waals surface area (Å²) in [5.41, 5.74) is 0.565. The predicted molar refractivity (Wildman–Crippen MR) is 79.2 cm³/mol. The first-order valence-corrected chi connectivity index (χ1v) is 7.92. The van der Waals surface area contributed by atoms with Crippen LogP contribution in [0.4, 0.5) is 9.80 Å². The van der Waals surface area contributed by atoms with Crippen LogP contribution in [0, 0.1) is 5.92 Å². The molecule has 3 rings (SSSR count). The lowest BCUT2D eigenvalue weighted by atomic mass is 10.3. The van der Waals surface area contributed by atoms with E-state index in [2.05, 4.69) is 10.6 Å². The minimum atomic E-state index is -0.139. The summed E-state index contributed by atoms with van der Waals surface area (Å²) in [7, 11) is 1.80. The molecule has 1 aromatic rings. The number of amides is 3. The van der Waals surface area contributed by atoms with Crippen molar-refractivity contribution in [3.05, 3.63) is 17.0 Å². The van der Waals surface area contributed by atoms with E-state index in [1.54, 1.807) is 18.0 Å². The number of nitrogens with one attached hydrogen (secondary N) is 2. The van der Waals surface area contributed by atoms with Gasteiger partial charge < -0.3 is 10.2 Å². The van der Waals surface area contributed by atoms with E-state index in [1.807, 2.05) is 5.38 Å². The topological polar surface area (TPSA) is 61.4 Å². The zero-order valence-corrected chi connectivity index (χ0v) is 12.3. The Balaban J connectivity index is 1.59. The fraction of sp³-hybridized carbons (Fsp3) is 0.571. The van der Waals surface area contributed by atoms with Crippen LogP contribution < -0.4 is 10.6 Å². The molecule has 2 aliphatic rings. The number of urea groups is 1. The van der Waals surface area contributed by atoms with E-state index in [0.29, 0.717) is 22.5 Å². The molecule has 108 valence electrons. The quantitative estimate of drug-likeness (QED) is 0.876. The van der Waals surface area contributed by atoms with Gasteiger partial charge in [0.25, 0.3) is 5.91 Å². The molecule has 1 heterocycles. The minimum Gasteiger partial charge on any atom is -0.349 e. The summed E-state index contributed by atoms with van der Waals surface area (Å²) >= 11 is 1.39. The fourth-order valence-corrected chi connectivity index (χ4v) is 2.81. The van der Waals surface area contributed by atoms with Crippen LogP contribution in [0.25, 0.3) is 0 Å². The van der Waals surface area contributed by atoms with E-state index in [-0.39, 0.29) is 11.9 Å². The average Bonchev–Trinajstić information content (AvgIpc) is 3.32. The number of carbonyl (C=O) groups is 2. The molecule has 20 heavy (non-hydrogen) atoms. The Hall–Kier alpha value is -1.56. The van der Waals surface area contributed by atoms with Crippen molar-refractivity contribution >= 4 is 28.3 Å². The number of rotatable bonds is 5. The molecule has 2 N–H and O–H groups in total. The number of hydrogen-bond acceptors (Lipinski definition) is 3. The van der Waals surface area contributed by atoms with Crippen molar-refractivity contribution in [2.45, 2.75) is 31.7 Å². The van der Waals surface area contributed by atoms with E-state index >= 15 is 0 Å². The van der Waals surface area contributed by atoms with Crippen molar-refractivity contribution in [1.29, 1.82) is 0 Å².